The van der Waals surface area contributed by atoms with Crippen LogP contribution in [0.3, 0.4) is 0 Å². The number of hydrogen-bond donors (Lipinski definition) is 0. The third kappa shape index (κ3) is 2.67. The maximum absolute atomic E-state index is 13.5. The fourth-order valence-corrected chi connectivity index (χ4v) is 1.96. The Morgan fingerprint density at radius 1 is 0.789 bits per heavy atom. The average Bonchev–Trinajstić information content (AvgIpc) is 2.31. The van der Waals surface area contributed by atoms with Gasteiger partial charge in [0, 0.05) is 11.6 Å². The molecule has 0 saturated carbocycles. The minimum atomic E-state index is -1.31. The van der Waals surface area contributed by atoms with Crippen LogP contribution in [0, 0.1) is 31.3 Å². The Morgan fingerprint density at radius 3 is 1.89 bits per heavy atom. The van der Waals surface area contributed by atoms with Crippen LogP contribution >= 0.6 is 0 Å². The van der Waals surface area contributed by atoms with E-state index in [1.165, 1.54) is 0 Å². The minimum absolute atomic E-state index is 0.252. The van der Waals surface area contributed by atoms with E-state index in [0.717, 1.165) is 11.1 Å². The Kier molecular flexibility index (Phi) is 3.42. The van der Waals surface area contributed by atoms with Gasteiger partial charge in [0.15, 0.2) is 17.4 Å². The zero-order valence-corrected chi connectivity index (χ0v) is 10.4. The lowest BCUT2D eigenvalue weighted by Crippen LogP contribution is -2.07. The van der Waals surface area contributed by atoms with Crippen molar-refractivity contribution >= 4 is 5.78 Å². The van der Waals surface area contributed by atoms with Crippen LogP contribution in [-0.4, -0.2) is 5.78 Å². The van der Waals surface area contributed by atoms with E-state index in [0.29, 0.717) is 12.1 Å². The number of ketones is 1. The molecule has 1 nitrogen and oxygen atoms in total. The van der Waals surface area contributed by atoms with Crippen molar-refractivity contribution in [2.24, 2.45) is 0 Å². The van der Waals surface area contributed by atoms with Crippen molar-refractivity contribution in [2.45, 2.75) is 13.8 Å². The van der Waals surface area contributed by atoms with Crippen LogP contribution in [0.2, 0.25) is 0 Å². The Bertz CT molecular complexity index is 642. The largest absolute Gasteiger partial charge is 0.288 e. The van der Waals surface area contributed by atoms with Gasteiger partial charge < -0.3 is 0 Å². The summed E-state index contributed by atoms with van der Waals surface area (Å²) in [5, 5.41) is 0. The van der Waals surface area contributed by atoms with Crippen LogP contribution in [0.4, 0.5) is 13.2 Å². The Labute approximate surface area is 108 Å². The lowest BCUT2D eigenvalue weighted by Gasteiger charge is -2.06. The van der Waals surface area contributed by atoms with Crippen LogP contribution < -0.4 is 0 Å². The van der Waals surface area contributed by atoms with Gasteiger partial charge >= 0.3 is 0 Å². The standard InChI is InChI=1S/C15H11F3O/c1-8-3-9(2)5-10(4-8)15(19)11-6-13(17)14(18)7-12(11)16/h3-7H,1-2H3. The quantitative estimate of drug-likeness (QED) is 0.593. The minimum Gasteiger partial charge on any atom is -0.288 e. The van der Waals surface area contributed by atoms with E-state index in [-0.39, 0.29) is 5.56 Å². The van der Waals surface area contributed by atoms with Gasteiger partial charge in [-0.05, 0) is 32.0 Å². The molecule has 0 aliphatic carbocycles. The molecule has 0 bridgehead atoms. The highest BCUT2D eigenvalue weighted by Gasteiger charge is 2.18. The van der Waals surface area contributed by atoms with Gasteiger partial charge in [0.25, 0.3) is 0 Å². The van der Waals surface area contributed by atoms with E-state index in [1.54, 1.807) is 26.0 Å². The SMILES string of the molecule is Cc1cc(C)cc(C(=O)c2cc(F)c(F)cc2F)c1. The maximum atomic E-state index is 13.5. The molecule has 0 unspecified atom stereocenters. The summed E-state index contributed by atoms with van der Waals surface area (Å²) in [6, 6.07) is 5.99. The van der Waals surface area contributed by atoms with Gasteiger partial charge in [-0.1, -0.05) is 17.2 Å². The van der Waals surface area contributed by atoms with Crippen LogP contribution in [0.25, 0.3) is 0 Å². The molecule has 0 amide bonds. The number of halogens is 3. The highest BCUT2D eigenvalue weighted by Crippen LogP contribution is 2.19. The molecule has 98 valence electrons. The molecule has 0 aliphatic rings. The predicted molar refractivity (Wildman–Crippen MR) is 65.7 cm³/mol. The summed E-state index contributed by atoms with van der Waals surface area (Å²) in [6.45, 7) is 3.59. The molecule has 0 N–H and O–H groups in total. The van der Waals surface area contributed by atoms with Crippen molar-refractivity contribution in [3.8, 4) is 0 Å². The Hall–Kier alpha value is -2.10. The zero-order chi connectivity index (χ0) is 14.2. The first-order valence-electron chi connectivity index (χ1n) is 5.66. The van der Waals surface area contributed by atoms with E-state index in [9.17, 15) is 18.0 Å². The summed E-state index contributed by atoms with van der Waals surface area (Å²) in [5.74, 6) is -4.28. The smallest absolute Gasteiger partial charge is 0.196 e. The number of hydrogen-bond acceptors (Lipinski definition) is 1. The van der Waals surface area contributed by atoms with E-state index < -0.39 is 28.8 Å². The van der Waals surface area contributed by atoms with Crippen molar-refractivity contribution in [3.05, 3.63) is 70.0 Å². The van der Waals surface area contributed by atoms with Gasteiger partial charge in [0.05, 0.1) is 5.56 Å². The van der Waals surface area contributed by atoms with Crippen LogP contribution in [0.15, 0.2) is 30.3 Å². The van der Waals surface area contributed by atoms with Gasteiger partial charge in [0.1, 0.15) is 5.82 Å². The normalized spacial score (nSPS) is 10.6. The second-order valence-corrected chi connectivity index (χ2v) is 4.45. The van der Waals surface area contributed by atoms with E-state index in [1.807, 2.05) is 6.07 Å². The molecular weight excluding hydrogens is 253 g/mol. The summed E-state index contributed by atoms with van der Waals surface area (Å²) in [4.78, 5) is 12.1. The third-order valence-electron chi connectivity index (χ3n) is 2.74. The van der Waals surface area contributed by atoms with Crippen molar-refractivity contribution in [3.63, 3.8) is 0 Å². The molecule has 4 heteroatoms. The maximum Gasteiger partial charge on any atom is 0.196 e. The number of rotatable bonds is 2. The highest BCUT2D eigenvalue weighted by molar-refractivity contribution is 6.09. The molecule has 0 atom stereocenters. The van der Waals surface area contributed by atoms with Gasteiger partial charge in [-0.2, -0.15) is 0 Å². The third-order valence-corrected chi connectivity index (χ3v) is 2.74. The second kappa shape index (κ2) is 4.88. The summed E-state index contributed by atoms with van der Waals surface area (Å²) < 4.78 is 39.5. The molecular formula is C15H11F3O. The molecule has 19 heavy (non-hydrogen) atoms. The van der Waals surface area contributed by atoms with E-state index in [4.69, 9.17) is 0 Å². The molecule has 0 saturated heterocycles. The van der Waals surface area contributed by atoms with Gasteiger partial charge in [-0.15, -0.1) is 0 Å². The number of aryl methyl sites for hydroxylation is 2. The number of carbonyl (C=O) groups is 1. The molecule has 2 rings (SSSR count). The van der Waals surface area contributed by atoms with Crippen molar-refractivity contribution in [1.29, 1.82) is 0 Å². The highest BCUT2D eigenvalue weighted by atomic mass is 19.2. The summed E-state index contributed by atoms with van der Waals surface area (Å²) in [6.07, 6.45) is 0. The monoisotopic (exact) mass is 264 g/mol. The van der Waals surface area contributed by atoms with Crippen molar-refractivity contribution in [2.75, 3.05) is 0 Å². The van der Waals surface area contributed by atoms with E-state index >= 15 is 0 Å². The van der Waals surface area contributed by atoms with Gasteiger partial charge in [-0.25, -0.2) is 13.2 Å². The second-order valence-electron chi connectivity index (χ2n) is 4.45. The molecule has 0 aromatic heterocycles. The first-order chi connectivity index (χ1) is 8.88. The first kappa shape index (κ1) is 13.3. The van der Waals surface area contributed by atoms with Crippen molar-refractivity contribution in [1.82, 2.24) is 0 Å². The molecule has 2 aromatic carbocycles. The average molecular weight is 264 g/mol. The number of benzene rings is 2. The zero-order valence-electron chi connectivity index (χ0n) is 10.4. The van der Waals surface area contributed by atoms with Crippen molar-refractivity contribution < 1.29 is 18.0 Å². The summed E-state index contributed by atoms with van der Waals surface area (Å²) in [7, 11) is 0. The predicted octanol–water partition coefficient (Wildman–Crippen LogP) is 3.95. The van der Waals surface area contributed by atoms with Crippen LogP contribution in [0.1, 0.15) is 27.0 Å². The topological polar surface area (TPSA) is 17.1 Å². The van der Waals surface area contributed by atoms with Gasteiger partial charge in [0.2, 0.25) is 0 Å². The van der Waals surface area contributed by atoms with Crippen LogP contribution in [0.5, 0.6) is 0 Å². The molecule has 0 aliphatic heterocycles. The summed E-state index contributed by atoms with van der Waals surface area (Å²) >= 11 is 0. The molecule has 0 heterocycles. The first-order valence-corrected chi connectivity index (χ1v) is 5.66. The Morgan fingerprint density at radius 2 is 1.32 bits per heavy atom. The lowest BCUT2D eigenvalue weighted by molar-refractivity contribution is 0.103. The number of carbonyl (C=O) groups excluding carboxylic acids is 1. The molecule has 0 spiro atoms. The fraction of sp³-hybridized carbons (Fsp3) is 0.133. The lowest BCUT2D eigenvalue weighted by atomic mass is 9.99. The molecule has 2 aromatic rings. The Balaban J connectivity index is 2.53. The summed E-state index contributed by atoms with van der Waals surface area (Å²) in [5.41, 5.74) is 1.46. The van der Waals surface area contributed by atoms with Gasteiger partial charge in [-0.3, -0.25) is 4.79 Å². The van der Waals surface area contributed by atoms with E-state index in [2.05, 4.69) is 0 Å². The molecule has 0 fully saturated rings. The fourth-order valence-electron chi connectivity index (χ4n) is 1.96. The van der Waals surface area contributed by atoms with Crippen LogP contribution in [-0.2, 0) is 0 Å². The molecule has 0 radical (unpaired) electrons.